The van der Waals surface area contributed by atoms with Crippen molar-refractivity contribution in [1.82, 2.24) is 4.31 Å². The van der Waals surface area contributed by atoms with Crippen molar-refractivity contribution in [3.63, 3.8) is 0 Å². The van der Waals surface area contributed by atoms with Crippen molar-refractivity contribution in [2.24, 2.45) is 0 Å². The molecule has 0 saturated carbocycles. The molecule has 0 unspecified atom stereocenters. The summed E-state index contributed by atoms with van der Waals surface area (Å²) in [5, 5.41) is 9.34. The lowest BCUT2D eigenvalue weighted by Gasteiger charge is -2.25. The van der Waals surface area contributed by atoms with E-state index in [0.29, 0.717) is 5.76 Å². The van der Waals surface area contributed by atoms with Gasteiger partial charge in [-0.15, -0.1) is 0 Å². The third kappa shape index (κ3) is 3.18. The number of rotatable bonds is 6. The minimum absolute atomic E-state index is 0.00965. The number of nitrogens with zero attached hydrogens (tertiary/aromatic N) is 1. The van der Waals surface area contributed by atoms with E-state index in [1.807, 2.05) is 0 Å². The quantitative estimate of drug-likeness (QED) is 0.867. The van der Waals surface area contributed by atoms with Gasteiger partial charge < -0.3 is 13.9 Å². The summed E-state index contributed by atoms with van der Waals surface area (Å²) in [7, 11) is -4.06. The number of furan rings is 2. The molecule has 0 radical (unpaired) electrons. The van der Waals surface area contributed by atoms with E-state index in [1.165, 1.54) is 24.4 Å². The van der Waals surface area contributed by atoms with Gasteiger partial charge in [0, 0.05) is 6.04 Å². The molecule has 7 nitrogen and oxygen atoms in total. The molecule has 0 saturated heterocycles. The Bertz CT molecular complexity index is 801. The Hall–Kier alpha value is -2.06. The topological polar surface area (TPSA) is 101 Å². The normalized spacial score (nSPS) is 12.3. The highest BCUT2D eigenvalue weighted by Gasteiger charge is 2.36. The standard InChI is InChI=1S/C15H19NO6S/c1-9(2)16(8-12-6-5-7-21-12)23(19,20)14-11(4)22-10(3)13(14)15(17)18/h5-7,9H,8H2,1-4H3,(H,17,18). The van der Waals surface area contributed by atoms with E-state index in [1.54, 1.807) is 26.0 Å². The molecule has 2 heterocycles. The average molecular weight is 341 g/mol. The highest BCUT2D eigenvalue weighted by Crippen LogP contribution is 2.31. The lowest BCUT2D eigenvalue weighted by Crippen LogP contribution is -2.37. The van der Waals surface area contributed by atoms with Crippen LogP contribution in [-0.4, -0.2) is 29.8 Å². The fourth-order valence-electron chi connectivity index (χ4n) is 2.44. The first-order valence-corrected chi connectivity index (χ1v) is 8.47. The number of sulfonamides is 1. The van der Waals surface area contributed by atoms with Gasteiger partial charge in [0.2, 0.25) is 10.0 Å². The molecule has 0 aromatic carbocycles. The van der Waals surface area contributed by atoms with Crippen molar-refractivity contribution < 1.29 is 27.2 Å². The molecule has 23 heavy (non-hydrogen) atoms. The van der Waals surface area contributed by atoms with E-state index in [2.05, 4.69) is 0 Å². The molecule has 0 bridgehead atoms. The Morgan fingerprint density at radius 3 is 2.43 bits per heavy atom. The van der Waals surface area contributed by atoms with E-state index in [4.69, 9.17) is 8.83 Å². The number of hydrogen-bond acceptors (Lipinski definition) is 5. The van der Waals surface area contributed by atoms with Gasteiger partial charge in [-0.1, -0.05) is 0 Å². The Morgan fingerprint density at radius 2 is 1.96 bits per heavy atom. The molecule has 1 N–H and O–H groups in total. The highest BCUT2D eigenvalue weighted by molar-refractivity contribution is 7.89. The monoisotopic (exact) mass is 341 g/mol. The van der Waals surface area contributed by atoms with Crippen molar-refractivity contribution in [2.75, 3.05) is 0 Å². The second-order valence-corrected chi connectivity index (χ2v) is 7.27. The van der Waals surface area contributed by atoms with Crippen molar-refractivity contribution in [1.29, 1.82) is 0 Å². The summed E-state index contributed by atoms with van der Waals surface area (Å²) >= 11 is 0. The summed E-state index contributed by atoms with van der Waals surface area (Å²) in [6.07, 6.45) is 1.45. The van der Waals surface area contributed by atoms with Crippen LogP contribution < -0.4 is 0 Å². The molecule has 0 spiro atoms. The van der Waals surface area contributed by atoms with Gasteiger partial charge in [-0.25, -0.2) is 13.2 Å². The van der Waals surface area contributed by atoms with E-state index < -0.39 is 16.0 Å². The maximum Gasteiger partial charge on any atom is 0.340 e. The largest absolute Gasteiger partial charge is 0.478 e. The second-order valence-electron chi connectivity index (χ2n) is 5.45. The lowest BCUT2D eigenvalue weighted by molar-refractivity contribution is 0.0691. The molecule has 2 rings (SSSR count). The third-order valence-corrected chi connectivity index (χ3v) is 5.63. The average Bonchev–Trinajstić information content (AvgIpc) is 3.02. The van der Waals surface area contributed by atoms with Gasteiger partial charge in [0.1, 0.15) is 27.7 Å². The zero-order chi connectivity index (χ0) is 17.4. The van der Waals surface area contributed by atoms with Crippen LogP contribution in [0.25, 0.3) is 0 Å². The minimum Gasteiger partial charge on any atom is -0.478 e. The van der Waals surface area contributed by atoms with E-state index in [-0.39, 0.29) is 34.6 Å². The smallest absolute Gasteiger partial charge is 0.340 e. The van der Waals surface area contributed by atoms with Crippen molar-refractivity contribution in [3.8, 4) is 0 Å². The fraction of sp³-hybridized carbons (Fsp3) is 0.400. The predicted molar refractivity (Wildman–Crippen MR) is 81.7 cm³/mol. The summed E-state index contributed by atoms with van der Waals surface area (Å²) in [5.74, 6) is -0.739. The predicted octanol–water partition coefficient (Wildman–Crippen LogP) is 2.79. The van der Waals surface area contributed by atoms with Gasteiger partial charge >= 0.3 is 5.97 Å². The van der Waals surface area contributed by atoms with Gasteiger partial charge in [-0.2, -0.15) is 4.31 Å². The van der Waals surface area contributed by atoms with Crippen LogP contribution in [-0.2, 0) is 16.6 Å². The summed E-state index contributed by atoms with van der Waals surface area (Å²) in [6.45, 7) is 6.31. The number of aromatic carboxylic acids is 1. The number of aryl methyl sites for hydroxylation is 2. The molecule has 2 aromatic rings. The lowest BCUT2D eigenvalue weighted by atomic mass is 10.2. The minimum atomic E-state index is -4.06. The summed E-state index contributed by atoms with van der Waals surface area (Å²) < 4.78 is 37.7. The van der Waals surface area contributed by atoms with Crippen molar-refractivity contribution in [3.05, 3.63) is 41.2 Å². The van der Waals surface area contributed by atoms with Crippen LogP contribution >= 0.6 is 0 Å². The molecular weight excluding hydrogens is 322 g/mol. The van der Waals surface area contributed by atoms with E-state index in [9.17, 15) is 18.3 Å². The number of hydrogen-bond donors (Lipinski definition) is 1. The van der Waals surface area contributed by atoms with Crippen LogP contribution in [0.4, 0.5) is 0 Å². The van der Waals surface area contributed by atoms with Crippen LogP contribution in [0.1, 0.15) is 41.5 Å². The fourth-order valence-corrected chi connectivity index (χ4v) is 4.42. The van der Waals surface area contributed by atoms with Gasteiger partial charge in [0.25, 0.3) is 0 Å². The molecular formula is C15H19NO6S. The summed E-state index contributed by atoms with van der Waals surface area (Å²) in [5.41, 5.74) is -0.326. The zero-order valence-electron chi connectivity index (χ0n) is 13.4. The third-order valence-electron chi connectivity index (χ3n) is 3.45. The van der Waals surface area contributed by atoms with E-state index >= 15 is 0 Å². The van der Waals surface area contributed by atoms with Crippen molar-refractivity contribution in [2.45, 2.75) is 45.2 Å². The van der Waals surface area contributed by atoms with Crippen LogP contribution in [0, 0.1) is 13.8 Å². The van der Waals surface area contributed by atoms with E-state index in [0.717, 1.165) is 0 Å². The van der Waals surface area contributed by atoms with Crippen LogP contribution in [0.3, 0.4) is 0 Å². The van der Waals surface area contributed by atoms with Crippen LogP contribution in [0.2, 0.25) is 0 Å². The van der Waals surface area contributed by atoms with Crippen molar-refractivity contribution >= 4 is 16.0 Å². The molecule has 8 heteroatoms. The highest BCUT2D eigenvalue weighted by atomic mass is 32.2. The summed E-state index contributed by atoms with van der Waals surface area (Å²) in [6, 6.07) is 2.94. The molecule has 0 aliphatic carbocycles. The Balaban J connectivity index is 2.57. The SMILES string of the molecule is Cc1oc(C)c(S(=O)(=O)N(Cc2ccco2)C(C)C)c1C(=O)O. The molecule has 126 valence electrons. The van der Waals surface area contributed by atoms with Gasteiger partial charge in [0.05, 0.1) is 12.8 Å². The molecule has 0 aliphatic heterocycles. The van der Waals surface area contributed by atoms with Gasteiger partial charge in [0.15, 0.2) is 0 Å². The number of carbonyl (C=O) groups is 1. The Kier molecular flexibility index (Phi) is 4.67. The zero-order valence-corrected chi connectivity index (χ0v) is 14.2. The first kappa shape index (κ1) is 17.3. The number of carboxylic acids is 1. The number of carboxylic acid groups (broad SMARTS) is 1. The second kappa shape index (κ2) is 6.21. The van der Waals surface area contributed by atoms with Crippen LogP contribution in [0.5, 0.6) is 0 Å². The molecule has 0 amide bonds. The molecule has 0 aliphatic rings. The van der Waals surface area contributed by atoms with Crippen LogP contribution in [0.15, 0.2) is 32.1 Å². The molecule has 2 aromatic heterocycles. The first-order valence-electron chi connectivity index (χ1n) is 7.03. The first-order chi connectivity index (χ1) is 10.7. The van der Waals surface area contributed by atoms with Gasteiger partial charge in [-0.3, -0.25) is 0 Å². The Labute approximate surface area is 134 Å². The summed E-state index contributed by atoms with van der Waals surface area (Å²) in [4.78, 5) is 11.1. The molecule has 0 atom stereocenters. The maximum absolute atomic E-state index is 13.0. The maximum atomic E-state index is 13.0. The Morgan fingerprint density at radius 1 is 1.30 bits per heavy atom. The van der Waals surface area contributed by atoms with Gasteiger partial charge in [-0.05, 0) is 39.8 Å². The molecule has 0 fully saturated rings.